The first kappa shape index (κ1) is 19.4. The van der Waals surface area contributed by atoms with Crippen molar-refractivity contribution in [3.05, 3.63) is 40.0 Å². The number of hydrogen-bond acceptors (Lipinski definition) is 4. The summed E-state index contributed by atoms with van der Waals surface area (Å²) >= 11 is 6.28. The molecule has 6 heteroatoms. The van der Waals surface area contributed by atoms with Crippen molar-refractivity contribution in [3.8, 4) is 0 Å². The molecule has 0 atom stereocenters. The molecule has 25 heavy (non-hydrogen) atoms. The Morgan fingerprint density at radius 3 is 2.64 bits per heavy atom. The standard InChI is InChI=1S/C19H26ClN3O2/c1-5-13-10-11-15(20)14(6-2)18(13)21-16(24)8-7-9-17-22-19(12(3)4)23-25-17/h10-12H,5-9H2,1-4H3,(H,21,24). The minimum absolute atomic E-state index is 0.0183. The highest BCUT2D eigenvalue weighted by atomic mass is 35.5. The van der Waals surface area contributed by atoms with Gasteiger partial charge in [0.05, 0.1) is 0 Å². The van der Waals surface area contributed by atoms with Crippen LogP contribution >= 0.6 is 11.6 Å². The zero-order valence-corrected chi connectivity index (χ0v) is 16.1. The molecule has 0 radical (unpaired) electrons. The molecule has 0 bridgehead atoms. The molecule has 1 aromatic heterocycles. The van der Waals surface area contributed by atoms with Crippen molar-refractivity contribution in [3.63, 3.8) is 0 Å². The Bertz CT molecular complexity index is 725. The smallest absolute Gasteiger partial charge is 0.226 e. The Morgan fingerprint density at radius 1 is 1.28 bits per heavy atom. The van der Waals surface area contributed by atoms with Crippen molar-refractivity contribution in [2.75, 3.05) is 5.32 Å². The van der Waals surface area contributed by atoms with E-state index in [9.17, 15) is 4.79 Å². The first-order valence-electron chi connectivity index (χ1n) is 8.88. The van der Waals surface area contributed by atoms with Gasteiger partial charge in [-0.15, -0.1) is 0 Å². The summed E-state index contributed by atoms with van der Waals surface area (Å²) in [6, 6.07) is 3.87. The van der Waals surface area contributed by atoms with Crippen LogP contribution in [0, 0.1) is 0 Å². The van der Waals surface area contributed by atoms with Gasteiger partial charge in [-0.25, -0.2) is 0 Å². The van der Waals surface area contributed by atoms with E-state index in [0.717, 1.165) is 29.7 Å². The van der Waals surface area contributed by atoms with Crippen molar-refractivity contribution < 1.29 is 9.32 Å². The van der Waals surface area contributed by atoms with Crippen LogP contribution in [-0.4, -0.2) is 16.0 Å². The van der Waals surface area contributed by atoms with E-state index in [2.05, 4.69) is 22.4 Å². The summed E-state index contributed by atoms with van der Waals surface area (Å²) in [5.74, 6) is 1.51. The van der Waals surface area contributed by atoms with Crippen molar-refractivity contribution in [2.45, 2.75) is 65.7 Å². The van der Waals surface area contributed by atoms with Crippen LogP contribution in [0.3, 0.4) is 0 Å². The van der Waals surface area contributed by atoms with E-state index in [1.54, 1.807) is 0 Å². The van der Waals surface area contributed by atoms with Gasteiger partial charge < -0.3 is 9.84 Å². The molecule has 0 spiro atoms. The summed E-state index contributed by atoms with van der Waals surface area (Å²) in [6.45, 7) is 8.14. The molecule has 0 saturated heterocycles. The number of hydrogen-bond donors (Lipinski definition) is 1. The Morgan fingerprint density at radius 2 is 2.04 bits per heavy atom. The lowest BCUT2D eigenvalue weighted by Crippen LogP contribution is -2.15. The number of carbonyl (C=O) groups excluding carboxylic acids is 1. The second-order valence-electron chi connectivity index (χ2n) is 6.37. The summed E-state index contributed by atoms with van der Waals surface area (Å²) in [6.07, 6.45) is 3.29. The molecule has 1 heterocycles. The molecule has 1 N–H and O–H groups in total. The average Bonchev–Trinajstić information content (AvgIpc) is 3.04. The van der Waals surface area contributed by atoms with Crippen LogP contribution in [-0.2, 0) is 24.1 Å². The largest absolute Gasteiger partial charge is 0.339 e. The van der Waals surface area contributed by atoms with Crippen LogP contribution in [0.15, 0.2) is 16.7 Å². The summed E-state index contributed by atoms with van der Waals surface area (Å²) in [4.78, 5) is 16.7. The maximum atomic E-state index is 12.3. The molecule has 136 valence electrons. The number of benzene rings is 1. The zero-order valence-electron chi connectivity index (χ0n) is 15.4. The Kier molecular flexibility index (Phi) is 7.00. The van der Waals surface area contributed by atoms with Gasteiger partial charge in [0.15, 0.2) is 5.82 Å². The summed E-state index contributed by atoms with van der Waals surface area (Å²) in [5.41, 5.74) is 2.96. The number of carbonyl (C=O) groups is 1. The number of halogens is 1. The number of aromatic nitrogens is 2. The van der Waals surface area contributed by atoms with Crippen LogP contribution in [0.2, 0.25) is 5.02 Å². The van der Waals surface area contributed by atoms with Gasteiger partial charge in [-0.2, -0.15) is 4.98 Å². The highest BCUT2D eigenvalue weighted by Crippen LogP contribution is 2.29. The molecule has 0 aliphatic heterocycles. The first-order chi connectivity index (χ1) is 12.0. The molecular formula is C19H26ClN3O2. The van der Waals surface area contributed by atoms with Gasteiger partial charge in [0.2, 0.25) is 11.8 Å². The molecular weight excluding hydrogens is 338 g/mol. The number of nitrogens with zero attached hydrogens (tertiary/aromatic N) is 2. The third-order valence-electron chi connectivity index (χ3n) is 4.14. The van der Waals surface area contributed by atoms with E-state index in [-0.39, 0.29) is 11.8 Å². The average molecular weight is 364 g/mol. The second kappa shape index (κ2) is 8.99. The maximum absolute atomic E-state index is 12.3. The molecule has 2 aromatic rings. The lowest BCUT2D eigenvalue weighted by molar-refractivity contribution is -0.116. The SMILES string of the molecule is CCc1ccc(Cl)c(CC)c1NC(=O)CCCc1nc(C(C)C)no1. The molecule has 5 nitrogen and oxygen atoms in total. The van der Waals surface area contributed by atoms with Gasteiger partial charge in [-0.1, -0.05) is 50.5 Å². The summed E-state index contributed by atoms with van der Waals surface area (Å²) < 4.78 is 5.20. The number of amides is 1. The maximum Gasteiger partial charge on any atom is 0.226 e. The van der Waals surface area contributed by atoms with Crippen molar-refractivity contribution >= 4 is 23.2 Å². The van der Waals surface area contributed by atoms with Crippen molar-refractivity contribution in [1.29, 1.82) is 0 Å². The van der Waals surface area contributed by atoms with Crippen LogP contribution in [0.5, 0.6) is 0 Å². The minimum atomic E-state index is -0.0183. The molecule has 0 fully saturated rings. The summed E-state index contributed by atoms with van der Waals surface area (Å²) in [7, 11) is 0. The molecule has 2 rings (SSSR count). The van der Waals surface area contributed by atoms with Gasteiger partial charge in [-0.3, -0.25) is 4.79 Å². The van der Waals surface area contributed by atoms with E-state index in [4.69, 9.17) is 16.1 Å². The Labute approximate surface area is 154 Å². The van der Waals surface area contributed by atoms with Crippen LogP contribution in [0.1, 0.15) is 69.3 Å². The van der Waals surface area contributed by atoms with E-state index < -0.39 is 0 Å². The number of anilines is 1. The third-order valence-corrected chi connectivity index (χ3v) is 4.49. The van der Waals surface area contributed by atoms with Gasteiger partial charge in [0, 0.05) is 29.5 Å². The van der Waals surface area contributed by atoms with Gasteiger partial charge in [0.25, 0.3) is 0 Å². The predicted molar refractivity (Wildman–Crippen MR) is 100 cm³/mol. The Balaban J connectivity index is 1.95. The highest BCUT2D eigenvalue weighted by Gasteiger charge is 2.14. The predicted octanol–water partition coefficient (Wildman–Crippen LogP) is 4.93. The van der Waals surface area contributed by atoms with E-state index in [1.165, 1.54) is 0 Å². The van der Waals surface area contributed by atoms with Crippen molar-refractivity contribution in [2.24, 2.45) is 0 Å². The van der Waals surface area contributed by atoms with Gasteiger partial charge in [-0.05, 0) is 36.5 Å². The van der Waals surface area contributed by atoms with Crippen LogP contribution < -0.4 is 5.32 Å². The van der Waals surface area contributed by atoms with E-state index in [0.29, 0.717) is 36.0 Å². The lowest BCUT2D eigenvalue weighted by Gasteiger charge is -2.15. The van der Waals surface area contributed by atoms with E-state index in [1.807, 2.05) is 32.9 Å². The fourth-order valence-corrected chi connectivity index (χ4v) is 2.96. The molecule has 0 unspecified atom stereocenters. The fourth-order valence-electron chi connectivity index (χ4n) is 2.67. The number of nitrogens with one attached hydrogen (secondary N) is 1. The van der Waals surface area contributed by atoms with Crippen LogP contribution in [0.4, 0.5) is 5.69 Å². The normalized spacial score (nSPS) is 11.1. The molecule has 0 saturated carbocycles. The first-order valence-corrected chi connectivity index (χ1v) is 9.26. The quantitative estimate of drug-likeness (QED) is 0.721. The topological polar surface area (TPSA) is 68.0 Å². The Hall–Kier alpha value is -1.88. The minimum Gasteiger partial charge on any atom is -0.339 e. The fraction of sp³-hybridized carbons (Fsp3) is 0.526. The highest BCUT2D eigenvalue weighted by molar-refractivity contribution is 6.32. The molecule has 0 aliphatic rings. The third kappa shape index (κ3) is 5.05. The summed E-state index contributed by atoms with van der Waals surface area (Å²) in [5, 5.41) is 7.67. The van der Waals surface area contributed by atoms with Crippen molar-refractivity contribution in [1.82, 2.24) is 10.1 Å². The van der Waals surface area contributed by atoms with Gasteiger partial charge in [0.1, 0.15) is 0 Å². The molecule has 1 aromatic carbocycles. The monoisotopic (exact) mass is 363 g/mol. The number of rotatable bonds is 8. The molecule has 0 aliphatic carbocycles. The molecule has 1 amide bonds. The zero-order chi connectivity index (χ0) is 18.4. The second-order valence-corrected chi connectivity index (χ2v) is 6.78. The lowest BCUT2D eigenvalue weighted by atomic mass is 10.0. The number of aryl methyl sites for hydroxylation is 2. The van der Waals surface area contributed by atoms with Gasteiger partial charge >= 0.3 is 0 Å². The van der Waals surface area contributed by atoms with E-state index >= 15 is 0 Å². The van der Waals surface area contributed by atoms with Crippen LogP contribution in [0.25, 0.3) is 0 Å².